The summed E-state index contributed by atoms with van der Waals surface area (Å²) in [7, 11) is -0.786. The van der Waals surface area contributed by atoms with Crippen molar-refractivity contribution in [1.82, 2.24) is 5.32 Å². The van der Waals surface area contributed by atoms with Gasteiger partial charge in [0.25, 0.3) is 0 Å². The molecule has 0 saturated heterocycles. The molecular formula is C15H23N3O4S. The molecule has 1 aromatic carbocycles. The molecule has 0 unspecified atom stereocenters. The predicted molar refractivity (Wildman–Crippen MR) is 88.9 cm³/mol. The molecule has 7 nitrogen and oxygen atoms in total. The number of hydrogen-bond acceptors (Lipinski definition) is 5. The molecular weight excluding hydrogens is 318 g/mol. The number of Topliss-reactive ketones (excluding diaryl/α,β-unsaturated/α-hetero) is 1. The van der Waals surface area contributed by atoms with Gasteiger partial charge in [-0.3, -0.25) is 9.59 Å². The van der Waals surface area contributed by atoms with Crippen molar-refractivity contribution in [2.24, 2.45) is 11.1 Å². The Morgan fingerprint density at radius 1 is 1.35 bits per heavy atom. The Bertz CT molecular complexity index is 701. The third-order valence-corrected chi connectivity index (χ3v) is 4.50. The number of ketones is 1. The van der Waals surface area contributed by atoms with Gasteiger partial charge in [-0.2, -0.15) is 0 Å². The SMILES string of the molecule is CCC(=O)c1ccc(N(C)C[C@H](C)C(=O)NC)c(S(N)(=O)=O)c1. The number of nitrogens with one attached hydrogen (secondary N) is 1. The van der Waals surface area contributed by atoms with Crippen LogP contribution in [0.4, 0.5) is 5.69 Å². The van der Waals surface area contributed by atoms with E-state index in [2.05, 4.69) is 5.32 Å². The van der Waals surface area contributed by atoms with Crippen LogP contribution in [-0.4, -0.2) is 40.7 Å². The first kappa shape index (κ1) is 19.1. The number of hydrogen-bond donors (Lipinski definition) is 2. The topological polar surface area (TPSA) is 110 Å². The highest BCUT2D eigenvalue weighted by molar-refractivity contribution is 7.89. The van der Waals surface area contributed by atoms with Crippen molar-refractivity contribution in [2.45, 2.75) is 25.2 Å². The molecule has 1 atom stereocenters. The lowest BCUT2D eigenvalue weighted by Crippen LogP contribution is -2.35. The lowest BCUT2D eigenvalue weighted by Gasteiger charge is -2.24. The molecule has 1 amide bonds. The van der Waals surface area contributed by atoms with Crippen molar-refractivity contribution < 1.29 is 18.0 Å². The van der Waals surface area contributed by atoms with E-state index in [1.54, 1.807) is 45.0 Å². The molecule has 0 aliphatic carbocycles. The van der Waals surface area contributed by atoms with Crippen molar-refractivity contribution >= 4 is 27.4 Å². The van der Waals surface area contributed by atoms with Crippen molar-refractivity contribution in [2.75, 3.05) is 25.5 Å². The average Bonchev–Trinajstić information content (AvgIpc) is 2.51. The summed E-state index contributed by atoms with van der Waals surface area (Å²) in [6.07, 6.45) is 0.271. The number of carbonyl (C=O) groups excluding carboxylic acids is 2. The van der Waals surface area contributed by atoms with Crippen LogP contribution in [-0.2, 0) is 14.8 Å². The summed E-state index contributed by atoms with van der Waals surface area (Å²) >= 11 is 0. The summed E-state index contributed by atoms with van der Waals surface area (Å²) in [6, 6.07) is 4.40. The Labute approximate surface area is 136 Å². The normalized spacial score (nSPS) is 12.6. The molecule has 0 saturated carbocycles. The number of benzene rings is 1. The zero-order valence-electron chi connectivity index (χ0n) is 13.8. The predicted octanol–water partition coefficient (Wildman–Crippen LogP) is 0.745. The van der Waals surface area contributed by atoms with E-state index < -0.39 is 10.0 Å². The van der Waals surface area contributed by atoms with Crippen LogP contribution in [0.1, 0.15) is 30.6 Å². The van der Waals surface area contributed by atoms with E-state index in [9.17, 15) is 18.0 Å². The first-order chi connectivity index (χ1) is 10.6. The summed E-state index contributed by atoms with van der Waals surface area (Å²) in [5.74, 6) is -0.648. The highest BCUT2D eigenvalue weighted by Crippen LogP contribution is 2.26. The Kier molecular flexibility index (Phi) is 6.28. The molecule has 0 fully saturated rings. The van der Waals surface area contributed by atoms with Crippen LogP contribution in [0.15, 0.2) is 23.1 Å². The number of carbonyl (C=O) groups is 2. The van der Waals surface area contributed by atoms with Crippen molar-refractivity contribution in [3.05, 3.63) is 23.8 Å². The van der Waals surface area contributed by atoms with Crippen LogP contribution >= 0.6 is 0 Å². The van der Waals surface area contributed by atoms with Gasteiger partial charge in [-0.05, 0) is 18.2 Å². The van der Waals surface area contributed by atoms with Gasteiger partial charge in [0, 0.05) is 32.6 Å². The molecule has 0 aliphatic heterocycles. The lowest BCUT2D eigenvalue weighted by molar-refractivity contribution is -0.123. The summed E-state index contributed by atoms with van der Waals surface area (Å²) in [4.78, 5) is 24.9. The minimum Gasteiger partial charge on any atom is -0.373 e. The molecule has 0 heterocycles. The Morgan fingerprint density at radius 3 is 2.43 bits per heavy atom. The number of nitrogens with zero attached hydrogens (tertiary/aromatic N) is 1. The molecule has 128 valence electrons. The van der Waals surface area contributed by atoms with Gasteiger partial charge < -0.3 is 10.2 Å². The van der Waals surface area contributed by atoms with Gasteiger partial charge in [0.2, 0.25) is 15.9 Å². The van der Waals surface area contributed by atoms with Gasteiger partial charge >= 0.3 is 0 Å². The van der Waals surface area contributed by atoms with Gasteiger partial charge in [-0.1, -0.05) is 13.8 Å². The van der Waals surface area contributed by atoms with Gasteiger partial charge in [-0.25, -0.2) is 13.6 Å². The molecule has 8 heteroatoms. The van der Waals surface area contributed by atoms with Crippen molar-refractivity contribution in [1.29, 1.82) is 0 Å². The molecule has 0 aromatic heterocycles. The summed E-state index contributed by atoms with van der Waals surface area (Å²) < 4.78 is 23.7. The van der Waals surface area contributed by atoms with Crippen molar-refractivity contribution in [3.8, 4) is 0 Å². The van der Waals surface area contributed by atoms with E-state index in [1.807, 2.05) is 0 Å². The monoisotopic (exact) mass is 341 g/mol. The van der Waals surface area contributed by atoms with Crippen LogP contribution in [0.3, 0.4) is 0 Å². The minimum atomic E-state index is -4.00. The largest absolute Gasteiger partial charge is 0.373 e. The van der Waals surface area contributed by atoms with Crippen LogP contribution in [0, 0.1) is 5.92 Å². The molecule has 1 aromatic rings. The maximum Gasteiger partial charge on any atom is 0.240 e. The third-order valence-electron chi connectivity index (χ3n) is 3.56. The van der Waals surface area contributed by atoms with Gasteiger partial charge in [0.15, 0.2) is 5.78 Å². The van der Waals surface area contributed by atoms with E-state index >= 15 is 0 Å². The van der Waals surface area contributed by atoms with E-state index in [0.717, 1.165) is 0 Å². The summed E-state index contributed by atoms with van der Waals surface area (Å²) in [5.41, 5.74) is 0.656. The quantitative estimate of drug-likeness (QED) is 0.711. The first-order valence-electron chi connectivity index (χ1n) is 7.24. The van der Waals surface area contributed by atoms with E-state index in [-0.39, 0.29) is 28.9 Å². The second kappa shape index (κ2) is 7.56. The number of rotatable bonds is 7. The fourth-order valence-corrected chi connectivity index (χ4v) is 3.08. The molecule has 0 aliphatic rings. The molecule has 0 bridgehead atoms. The summed E-state index contributed by atoms with van der Waals surface area (Å²) in [5, 5.41) is 7.82. The number of amides is 1. The Morgan fingerprint density at radius 2 is 1.96 bits per heavy atom. The van der Waals surface area contributed by atoms with E-state index in [1.165, 1.54) is 6.07 Å². The molecule has 0 radical (unpaired) electrons. The number of sulfonamides is 1. The highest BCUT2D eigenvalue weighted by Gasteiger charge is 2.21. The van der Waals surface area contributed by atoms with Crippen molar-refractivity contribution in [3.63, 3.8) is 0 Å². The third kappa shape index (κ3) is 4.77. The maximum absolute atomic E-state index is 11.9. The molecule has 3 N–H and O–H groups in total. The van der Waals surface area contributed by atoms with E-state index in [0.29, 0.717) is 17.8 Å². The van der Waals surface area contributed by atoms with Crippen LogP contribution in [0.25, 0.3) is 0 Å². The smallest absolute Gasteiger partial charge is 0.240 e. The van der Waals surface area contributed by atoms with Crippen LogP contribution < -0.4 is 15.4 Å². The fraction of sp³-hybridized carbons (Fsp3) is 0.467. The van der Waals surface area contributed by atoms with Gasteiger partial charge in [0.1, 0.15) is 4.90 Å². The standard InChI is InChI=1S/C15H23N3O4S/c1-5-13(19)11-6-7-12(14(8-11)23(16,21)22)18(4)9-10(2)15(20)17-3/h6-8,10H,5,9H2,1-4H3,(H,17,20)(H2,16,21,22)/t10-/m0/s1. The minimum absolute atomic E-state index is 0.122. The molecule has 0 spiro atoms. The van der Waals surface area contributed by atoms with Gasteiger partial charge in [-0.15, -0.1) is 0 Å². The second-order valence-electron chi connectivity index (χ2n) is 5.40. The summed E-state index contributed by atoms with van der Waals surface area (Å²) in [6.45, 7) is 3.74. The fourth-order valence-electron chi connectivity index (χ4n) is 2.27. The van der Waals surface area contributed by atoms with Gasteiger partial charge in [0.05, 0.1) is 11.6 Å². The van der Waals surface area contributed by atoms with E-state index in [4.69, 9.17) is 5.14 Å². The zero-order chi connectivity index (χ0) is 17.8. The average molecular weight is 341 g/mol. The first-order valence-corrected chi connectivity index (χ1v) is 8.79. The second-order valence-corrected chi connectivity index (χ2v) is 6.93. The Hall–Kier alpha value is -1.93. The Balaban J connectivity index is 3.25. The number of anilines is 1. The number of nitrogens with two attached hydrogens (primary N) is 1. The molecule has 1 rings (SSSR count). The molecule has 23 heavy (non-hydrogen) atoms. The number of primary sulfonamides is 1. The van der Waals surface area contributed by atoms with Crippen LogP contribution in [0.2, 0.25) is 0 Å². The lowest BCUT2D eigenvalue weighted by atomic mass is 10.1. The zero-order valence-corrected chi connectivity index (χ0v) is 14.6. The van der Waals surface area contributed by atoms with Crippen LogP contribution in [0.5, 0.6) is 0 Å². The highest BCUT2D eigenvalue weighted by atomic mass is 32.2. The maximum atomic E-state index is 11.9.